The number of hydrogen-bond acceptors (Lipinski definition) is 3. The number of aliphatic carboxylic acids is 1. The van der Waals surface area contributed by atoms with Crippen molar-refractivity contribution in [1.29, 1.82) is 0 Å². The Morgan fingerprint density at radius 2 is 1.93 bits per heavy atom. The van der Waals surface area contributed by atoms with Crippen molar-refractivity contribution < 1.29 is 19.4 Å². The summed E-state index contributed by atoms with van der Waals surface area (Å²) in [5.41, 5.74) is 0.611. The number of methoxy groups -OCH3 is 2. The molecule has 0 amide bonds. The Balaban J connectivity index is 3.07. The molecule has 1 unspecified atom stereocenters. The van der Waals surface area contributed by atoms with Crippen LogP contribution in [0.3, 0.4) is 0 Å². The number of hydrogen-bond donors (Lipinski definition) is 1. The Kier molecular flexibility index (Phi) is 3.96. The Hall–Kier alpha value is -1.23. The molecule has 0 bridgehead atoms. The van der Waals surface area contributed by atoms with Gasteiger partial charge in [-0.15, -0.1) is 0 Å². The van der Waals surface area contributed by atoms with Crippen molar-refractivity contribution in [1.82, 2.24) is 0 Å². The van der Waals surface area contributed by atoms with Crippen LogP contribution in [0.4, 0.5) is 0 Å². The summed E-state index contributed by atoms with van der Waals surface area (Å²) in [6, 6.07) is 4.98. The Morgan fingerprint density at radius 1 is 1.33 bits per heavy atom. The van der Waals surface area contributed by atoms with Gasteiger partial charge in [0.05, 0.1) is 14.2 Å². The van der Waals surface area contributed by atoms with Crippen molar-refractivity contribution in [3.05, 3.63) is 23.8 Å². The molecule has 82 valence electrons. The van der Waals surface area contributed by atoms with E-state index in [1.165, 1.54) is 14.2 Å². The van der Waals surface area contributed by atoms with Crippen molar-refractivity contribution in [2.75, 3.05) is 14.2 Å². The fraction of sp³-hybridized carbons (Fsp3) is 0.300. The van der Waals surface area contributed by atoms with Gasteiger partial charge in [-0.2, -0.15) is 0 Å². The summed E-state index contributed by atoms with van der Waals surface area (Å²) in [5, 5.41) is 8.81. The van der Waals surface area contributed by atoms with E-state index in [-0.39, 0.29) is 0 Å². The predicted octanol–water partition coefficient (Wildman–Crippen LogP) is 2.22. The van der Waals surface area contributed by atoms with Crippen LogP contribution >= 0.6 is 15.9 Å². The van der Waals surface area contributed by atoms with Gasteiger partial charge in [-0.25, -0.2) is 0 Å². The average Bonchev–Trinajstić information content (AvgIpc) is 2.26. The number of halogens is 1. The SMILES string of the molecule is COc1ccc(C(Br)C(=O)O)cc1OC. The van der Waals surface area contributed by atoms with Crippen molar-refractivity contribution in [2.24, 2.45) is 0 Å². The highest BCUT2D eigenvalue weighted by Crippen LogP contribution is 2.32. The minimum Gasteiger partial charge on any atom is -0.493 e. The van der Waals surface area contributed by atoms with Crippen molar-refractivity contribution in [3.8, 4) is 11.5 Å². The normalized spacial score (nSPS) is 11.9. The van der Waals surface area contributed by atoms with Crippen molar-refractivity contribution in [2.45, 2.75) is 4.83 Å². The molecule has 0 saturated heterocycles. The molecule has 0 radical (unpaired) electrons. The third kappa shape index (κ3) is 2.62. The molecule has 1 N–H and O–H groups in total. The topological polar surface area (TPSA) is 55.8 Å². The molecule has 0 heterocycles. The van der Waals surface area contributed by atoms with Gasteiger partial charge in [0.15, 0.2) is 11.5 Å². The lowest BCUT2D eigenvalue weighted by Gasteiger charge is -2.10. The standard InChI is InChI=1S/C10H11BrO4/c1-14-7-4-3-6(5-8(7)15-2)9(11)10(12)13/h3-5,9H,1-2H3,(H,12,13). The van der Waals surface area contributed by atoms with E-state index in [0.29, 0.717) is 17.1 Å². The van der Waals surface area contributed by atoms with E-state index in [0.717, 1.165) is 0 Å². The Bertz CT molecular complexity index is 364. The number of rotatable bonds is 4. The van der Waals surface area contributed by atoms with Gasteiger partial charge in [-0.1, -0.05) is 22.0 Å². The first-order valence-corrected chi connectivity index (χ1v) is 5.10. The van der Waals surface area contributed by atoms with Crippen LogP contribution in [0.2, 0.25) is 0 Å². The fourth-order valence-electron chi connectivity index (χ4n) is 1.15. The molecule has 1 atom stereocenters. The van der Waals surface area contributed by atoms with Crippen LogP contribution in [-0.4, -0.2) is 25.3 Å². The van der Waals surface area contributed by atoms with E-state index in [1.54, 1.807) is 18.2 Å². The molecule has 0 fully saturated rings. The van der Waals surface area contributed by atoms with Crippen molar-refractivity contribution in [3.63, 3.8) is 0 Å². The maximum absolute atomic E-state index is 10.7. The summed E-state index contributed by atoms with van der Waals surface area (Å²) >= 11 is 3.06. The third-order valence-electron chi connectivity index (χ3n) is 1.92. The zero-order chi connectivity index (χ0) is 11.4. The number of carboxylic acid groups (broad SMARTS) is 1. The van der Waals surface area contributed by atoms with Gasteiger partial charge in [-0.05, 0) is 17.7 Å². The number of carbonyl (C=O) groups is 1. The van der Waals surface area contributed by atoms with E-state index in [9.17, 15) is 4.79 Å². The first-order valence-electron chi connectivity index (χ1n) is 4.19. The quantitative estimate of drug-likeness (QED) is 0.856. The molecule has 0 saturated carbocycles. The summed E-state index contributed by atoms with van der Waals surface area (Å²) in [7, 11) is 3.03. The van der Waals surface area contributed by atoms with Crippen LogP contribution in [0.25, 0.3) is 0 Å². The number of carboxylic acids is 1. The Labute approximate surface area is 95.9 Å². The van der Waals surface area contributed by atoms with E-state index >= 15 is 0 Å². The molecule has 4 nitrogen and oxygen atoms in total. The lowest BCUT2D eigenvalue weighted by atomic mass is 10.1. The lowest BCUT2D eigenvalue weighted by Crippen LogP contribution is -2.04. The van der Waals surface area contributed by atoms with Crippen LogP contribution < -0.4 is 9.47 Å². The molecule has 15 heavy (non-hydrogen) atoms. The second-order valence-electron chi connectivity index (χ2n) is 2.82. The maximum Gasteiger partial charge on any atom is 0.321 e. The largest absolute Gasteiger partial charge is 0.493 e. The van der Waals surface area contributed by atoms with Gasteiger partial charge in [0, 0.05) is 0 Å². The van der Waals surface area contributed by atoms with E-state index < -0.39 is 10.8 Å². The van der Waals surface area contributed by atoms with Crippen molar-refractivity contribution >= 4 is 21.9 Å². The van der Waals surface area contributed by atoms with Crippen LogP contribution in [0, 0.1) is 0 Å². The summed E-state index contributed by atoms with van der Waals surface area (Å²) in [5.74, 6) is 0.147. The molecule has 1 rings (SSSR count). The fourth-order valence-corrected chi connectivity index (χ4v) is 1.44. The van der Waals surface area contributed by atoms with E-state index in [2.05, 4.69) is 15.9 Å². The first kappa shape index (κ1) is 11.8. The molecule has 0 spiro atoms. The summed E-state index contributed by atoms with van der Waals surface area (Å²) in [6.07, 6.45) is 0. The van der Waals surface area contributed by atoms with Crippen LogP contribution in [-0.2, 0) is 4.79 Å². The second-order valence-corrected chi connectivity index (χ2v) is 3.73. The van der Waals surface area contributed by atoms with Crippen LogP contribution in [0.15, 0.2) is 18.2 Å². The molecular weight excluding hydrogens is 264 g/mol. The zero-order valence-electron chi connectivity index (χ0n) is 8.36. The van der Waals surface area contributed by atoms with Crippen LogP contribution in [0.1, 0.15) is 10.4 Å². The molecule has 5 heteroatoms. The molecule has 1 aromatic carbocycles. The predicted molar refractivity (Wildman–Crippen MR) is 58.8 cm³/mol. The highest BCUT2D eigenvalue weighted by molar-refractivity contribution is 9.09. The molecular formula is C10H11BrO4. The van der Waals surface area contributed by atoms with Crippen LogP contribution in [0.5, 0.6) is 11.5 Å². The summed E-state index contributed by atoms with van der Waals surface area (Å²) in [6.45, 7) is 0. The van der Waals surface area contributed by atoms with E-state index in [4.69, 9.17) is 14.6 Å². The van der Waals surface area contributed by atoms with Gasteiger partial charge in [0.1, 0.15) is 4.83 Å². The maximum atomic E-state index is 10.7. The minimum absolute atomic E-state index is 0.515. The monoisotopic (exact) mass is 274 g/mol. The van der Waals surface area contributed by atoms with Gasteiger partial charge >= 0.3 is 5.97 Å². The molecule has 0 aliphatic carbocycles. The van der Waals surface area contributed by atoms with Gasteiger partial charge < -0.3 is 14.6 Å². The zero-order valence-corrected chi connectivity index (χ0v) is 9.95. The first-order chi connectivity index (χ1) is 7.10. The van der Waals surface area contributed by atoms with Gasteiger partial charge in [0.25, 0.3) is 0 Å². The lowest BCUT2D eigenvalue weighted by molar-refractivity contribution is -0.136. The highest BCUT2D eigenvalue weighted by atomic mass is 79.9. The van der Waals surface area contributed by atoms with Gasteiger partial charge in [-0.3, -0.25) is 4.79 Å². The second kappa shape index (κ2) is 5.02. The third-order valence-corrected chi connectivity index (χ3v) is 2.84. The molecule has 0 aromatic heterocycles. The molecule has 1 aromatic rings. The molecule has 0 aliphatic heterocycles. The average molecular weight is 275 g/mol. The number of ether oxygens (including phenoxy) is 2. The highest BCUT2D eigenvalue weighted by Gasteiger charge is 2.17. The summed E-state index contributed by atoms with van der Waals surface area (Å²) < 4.78 is 10.1. The smallest absolute Gasteiger partial charge is 0.321 e. The summed E-state index contributed by atoms with van der Waals surface area (Å²) in [4.78, 5) is 10.00. The number of benzene rings is 1. The van der Waals surface area contributed by atoms with Gasteiger partial charge in [0.2, 0.25) is 0 Å². The minimum atomic E-state index is -0.942. The Morgan fingerprint density at radius 3 is 2.40 bits per heavy atom. The van der Waals surface area contributed by atoms with E-state index in [1.807, 2.05) is 0 Å². The molecule has 0 aliphatic rings. The number of alkyl halides is 1.